The van der Waals surface area contributed by atoms with E-state index in [4.69, 9.17) is 4.74 Å². The Hall–Kier alpha value is -0.860. The van der Waals surface area contributed by atoms with Gasteiger partial charge in [-0.25, -0.2) is 0 Å². The minimum Gasteiger partial charge on any atom is -0.386 e. The minimum absolute atomic E-state index is 0.326. The molecule has 2 rings (SSSR count). The van der Waals surface area contributed by atoms with Crippen molar-refractivity contribution in [3.8, 4) is 0 Å². The highest BCUT2D eigenvalue weighted by atomic mass is 16.5. The lowest BCUT2D eigenvalue weighted by Gasteiger charge is -2.34. The van der Waals surface area contributed by atoms with Crippen LogP contribution in [0.25, 0.3) is 0 Å². The molecule has 1 aromatic rings. The van der Waals surface area contributed by atoms with E-state index in [0.717, 1.165) is 18.4 Å². The van der Waals surface area contributed by atoms with Gasteiger partial charge < -0.3 is 9.84 Å². The van der Waals surface area contributed by atoms with Gasteiger partial charge in [-0.3, -0.25) is 0 Å². The van der Waals surface area contributed by atoms with Crippen molar-refractivity contribution in [1.29, 1.82) is 0 Å². The normalized spacial score (nSPS) is 21.3. The van der Waals surface area contributed by atoms with Crippen LogP contribution >= 0.6 is 0 Å². The van der Waals surface area contributed by atoms with Gasteiger partial charge in [-0.05, 0) is 43.6 Å². The second-order valence-electron chi connectivity index (χ2n) is 6.63. The Kier molecular flexibility index (Phi) is 4.64. The molecule has 2 nitrogen and oxygen atoms in total. The van der Waals surface area contributed by atoms with Gasteiger partial charge in [-0.2, -0.15) is 0 Å². The Morgan fingerprint density at radius 2 is 2.00 bits per heavy atom. The molecule has 1 saturated carbocycles. The number of ether oxygens (including phenoxy) is 1. The number of benzene rings is 1. The molecule has 0 aromatic heterocycles. The summed E-state index contributed by atoms with van der Waals surface area (Å²) in [6, 6.07) is 8.01. The summed E-state index contributed by atoms with van der Waals surface area (Å²) in [7, 11) is 0. The SMILES string of the molecule is Cc1cccc(C(O)COC2CCC(C)(C)CC2)c1. The first-order chi connectivity index (χ1) is 8.96. The Morgan fingerprint density at radius 3 is 2.63 bits per heavy atom. The Morgan fingerprint density at radius 1 is 1.32 bits per heavy atom. The number of aliphatic hydroxyl groups is 1. The lowest BCUT2D eigenvalue weighted by molar-refractivity contribution is -0.0380. The molecule has 1 aromatic carbocycles. The van der Waals surface area contributed by atoms with Gasteiger partial charge in [0.05, 0.1) is 12.7 Å². The summed E-state index contributed by atoms with van der Waals surface area (Å²) in [4.78, 5) is 0. The highest BCUT2D eigenvalue weighted by Gasteiger charge is 2.27. The number of aliphatic hydroxyl groups excluding tert-OH is 1. The summed E-state index contributed by atoms with van der Waals surface area (Å²) >= 11 is 0. The Balaban J connectivity index is 1.80. The van der Waals surface area contributed by atoms with E-state index in [9.17, 15) is 5.11 Å². The fourth-order valence-electron chi connectivity index (χ4n) is 2.74. The quantitative estimate of drug-likeness (QED) is 0.888. The van der Waals surface area contributed by atoms with Crippen molar-refractivity contribution in [2.75, 3.05) is 6.61 Å². The van der Waals surface area contributed by atoms with Crippen LogP contribution in [0.1, 0.15) is 56.8 Å². The molecule has 2 heteroatoms. The van der Waals surface area contributed by atoms with E-state index in [1.54, 1.807) is 0 Å². The first kappa shape index (κ1) is 14.5. The van der Waals surface area contributed by atoms with Crippen molar-refractivity contribution >= 4 is 0 Å². The summed E-state index contributed by atoms with van der Waals surface area (Å²) in [6.45, 7) is 7.10. The molecule has 0 spiro atoms. The van der Waals surface area contributed by atoms with Crippen molar-refractivity contribution in [2.45, 2.75) is 58.7 Å². The average Bonchev–Trinajstić information content (AvgIpc) is 2.37. The predicted octanol–water partition coefficient (Wildman–Crippen LogP) is 4.01. The zero-order valence-electron chi connectivity index (χ0n) is 12.4. The smallest absolute Gasteiger partial charge is 0.102 e. The van der Waals surface area contributed by atoms with Crippen LogP contribution < -0.4 is 0 Å². The van der Waals surface area contributed by atoms with Crippen LogP contribution in [0.15, 0.2) is 24.3 Å². The molecule has 1 aliphatic carbocycles. The van der Waals surface area contributed by atoms with Crippen molar-refractivity contribution in [2.24, 2.45) is 5.41 Å². The van der Waals surface area contributed by atoms with Crippen LogP contribution in [0.3, 0.4) is 0 Å². The standard InChI is InChI=1S/C17H26O2/c1-13-5-4-6-14(11-13)16(18)12-19-15-7-9-17(2,3)10-8-15/h4-6,11,15-16,18H,7-10,12H2,1-3H3. The molecule has 0 heterocycles. The van der Waals surface area contributed by atoms with Gasteiger partial charge in [0.2, 0.25) is 0 Å². The molecule has 1 aliphatic rings. The van der Waals surface area contributed by atoms with E-state index in [1.165, 1.54) is 18.4 Å². The summed E-state index contributed by atoms with van der Waals surface area (Å²) in [5.74, 6) is 0. The third kappa shape index (κ3) is 4.32. The molecular formula is C17H26O2. The van der Waals surface area contributed by atoms with Gasteiger partial charge in [-0.1, -0.05) is 43.7 Å². The van der Waals surface area contributed by atoms with Gasteiger partial charge in [0.25, 0.3) is 0 Å². The Labute approximate surface area is 116 Å². The maximum atomic E-state index is 10.2. The Bertz CT molecular complexity index is 401. The average molecular weight is 262 g/mol. The van der Waals surface area contributed by atoms with Crippen LogP contribution in [-0.2, 0) is 4.74 Å². The van der Waals surface area contributed by atoms with E-state index >= 15 is 0 Å². The summed E-state index contributed by atoms with van der Waals surface area (Å²) < 4.78 is 5.88. The third-order valence-electron chi connectivity index (χ3n) is 4.20. The molecule has 19 heavy (non-hydrogen) atoms. The molecule has 0 amide bonds. The second kappa shape index (κ2) is 6.06. The monoisotopic (exact) mass is 262 g/mol. The first-order valence-electron chi connectivity index (χ1n) is 7.32. The van der Waals surface area contributed by atoms with Crippen molar-refractivity contribution < 1.29 is 9.84 Å². The van der Waals surface area contributed by atoms with Crippen LogP contribution in [-0.4, -0.2) is 17.8 Å². The molecule has 1 fully saturated rings. The highest BCUT2D eigenvalue weighted by molar-refractivity contribution is 5.24. The number of aryl methyl sites for hydroxylation is 1. The third-order valence-corrected chi connectivity index (χ3v) is 4.20. The summed E-state index contributed by atoms with van der Waals surface area (Å²) in [6.07, 6.45) is 4.50. The zero-order valence-corrected chi connectivity index (χ0v) is 12.4. The molecular weight excluding hydrogens is 236 g/mol. The molecule has 1 N–H and O–H groups in total. The van der Waals surface area contributed by atoms with Crippen LogP contribution in [0.5, 0.6) is 0 Å². The minimum atomic E-state index is -0.505. The number of rotatable bonds is 4. The van der Waals surface area contributed by atoms with Crippen molar-refractivity contribution in [3.63, 3.8) is 0 Å². The molecule has 1 unspecified atom stereocenters. The molecule has 0 saturated heterocycles. The van der Waals surface area contributed by atoms with E-state index in [1.807, 2.05) is 31.2 Å². The lowest BCUT2D eigenvalue weighted by Crippen LogP contribution is -2.27. The maximum absolute atomic E-state index is 10.2. The lowest BCUT2D eigenvalue weighted by atomic mass is 9.76. The molecule has 106 valence electrons. The van der Waals surface area contributed by atoms with Crippen molar-refractivity contribution in [3.05, 3.63) is 35.4 Å². The van der Waals surface area contributed by atoms with Crippen LogP contribution in [0.4, 0.5) is 0 Å². The van der Waals surface area contributed by atoms with E-state index in [0.29, 0.717) is 18.1 Å². The van der Waals surface area contributed by atoms with E-state index in [-0.39, 0.29) is 0 Å². The van der Waals surface area contributed by atoms with Crippen LogP contribution in [0, 0.1) is 12.3 Å². The van der Waals surface area contributed by atoms with E-state index < -0.39 is 6.10 Å². The largest absolute Gasteiger partial charge is 0.386 e. The molecule has 0 bridgehead atoms. The van der Waals surface area contributed by atoms with Gasteiger partial charge in [0.1, 0.15) is 6.10 Å². The molecule has 0 aliphatic heterocycles. The number of hydrogen-bond donors (Lipinski definition) is 1. The maximum Gasteiger partial charge on any atom is 0.102 e. The van der Waals surface area contributed by atoms with Gasteiger partial charge in [0, 0.05) is 0 Å². The topological polar surface area (TPSA) is 29.5 Å². The van der Waals surface area contributed by atoms with Gasteiger partial charge >= 0.3 is 0 Å². The molecule has 0 radical (unpaired) electrons. The predicted molar refractivity (Wildman–Crippen MR) is 78.1 cm³/mol. The number of hydrogen-bond acceptors (Lipinski definition) is 2. The highest BCUT2D eigenvalue weighted by Crippen LogP contribution is 2.36. The van der Waals surface area contributed by atoms with Crippen LogP contribution in [0.2, 0.25) is 0 Å². The summed E-state index contributed by atoms with van der Waals surface area (Å²) in [5.41, 5.74) is 2.60. The summed E-state index contributed by atoms with van der Waals surface area (Å²) in [5, 5.41) is 10.2. The van der Waals surface area contributed by atoms with Gasteiger partial charge in [0.15, 0.2) is 0 Å². The fraction of sp³-hybridized carbons (Fsp3) is 0.647. The zero-order chi connectivity index (χ0) is 13.9. The fourth-order valence-corrected chi connectivity index (χ4v) is 2.74. The molecule has 1 atom stereocenters. The first-order valence-corrected chi connectivity index (χ1v) is 7.32. The van der Waals surface area contributed by atoms with E-state index in [2.05, 4.69) is 13.8 Å². The van der Waals surface area contributed by atoms with Crippen molar-refractivity contribution in [1.82, 2.24) is 0 Å². The van der Waals surface area contributed by atoms with Gasteiger partial charge in [-0.15, -0.1) is 0 Å². The second-order valence-corrected chi connectivity index (χ2v) is 6.63.